The Hall–Kier alpha value is -3.35. The third kappa shape index (κ3) is 4.23. The van der Waals surface area contributed by atoms with Gasteiger partial charge in [-0.15, -0.1) is 10.2 Å². The van der Waals surface area contributed by atoms with Crippen LogP contribution in [0.5, 0.6) is 0 Å². The molecule has 148 valence electrons. The summed E-state index contributed by atoms with van der Waals surface area (Å²) in [6, 6.07) is 16.7. The Morgan fingerprint density at radius 2 is 1.76 bits per heavy atom. The normalized spacial score (nSPS) is 11.3. The number of aromatic nitrogens is 7. The minimum absolute atomic E-state index is 0.532. The lowest BCUT2D eigenvalue weighted by Gasteiger charge is -2.10. The van der Waals surface area contributed by atoms with Crippen LogP contribution in [-0.4, -0.2) is 35.4 Å². The molecule has 0 radical (unpaired) electrons. The molecule has 1 N–H and O–H groups in total. The van der Waals surface area contributed by atoms with E-state index in [2.05, 4.69) is 81.5 Å². The quantitative estimate of drug-likeness (QED) is 0.519. The van der Waals surface area contributed by atoms with Crippen molar-refractivity contribution in [3.8, 4) is 22.5 Å². The van der Waals surface area contributed by atoms with Crippen molar-refractivity contribution in [1.29, 1.82) is 0 Å². The maximum atomic E-state index is 4.73. The van der Waals surface area contributed by atoms with E-state index >= 15 is 0 Å². The molecule has 0 aliphatic heterocycles. The molecule has 4 aromatic rings. The maximum Gasteiger partial charge on any atom is 0.205 e. The summed E-state index contributed by atoms with van der Waals surface area (Å²) in [6.07, 6.45) is 1.62. The summed E-state index contributed by atoms with van der Waals surface area (Å²) >= 11 is 0. The van der Waals surface area contributed by atoms with Crippen LogP contribution in [0.4, 0.5) is 0 Å². The van der Waals surface area contributed by atoms with Crippen molar-refractivity contribution in [2.75, 3.05) is 0 Å². The van der Waals surface area contributed by atoms with E-state index in [0.717, 1.165) is 47.7 Å². The standard InChI is InChI=1S/C22H25N7/c1-4-20-23-21(29(26-20)14-15(2)3)13-16-9-11-17(12-10-16)18-7-5-6-8-19(18)22-24-27-28-25-22/h5-12,15H,4,13-14H2,1-3H3,(H,24,25,27,28). The van der Waals surface area contributed by atoms with Crippen LogP contribution in [0, 0.1) is 5.92 Å². The highest BCUT2D eigenvalue weighted by Crippen LogP contribution is 2.29. The first-order valence-corrected chi connectivity index (χ1v) is 9.98. The summed E-state index contributed by atoms with van der Waals surface area (Å²) in [4.78, 5) is 4.73. The molecule has 0 aliphatic carbocycles. The van der Waals surface area contributed by atoms with Gasteiger partial charge < -0.3 is 0 Å². The Morgan fingerprint density at radius 1 is 1.00 bits per heavy atom. The first-order valence-electron chi connectivity index (χ1n) is 9.98. The van der Waals surface area contributed by atoms with Crippen LogP contribution in [-0.2, 0) is 19.4 Å². The number of rotatable bonds is 7. The van der Waals surface area contributed by atoms with Crippen LogP contribution in [0.25, 0.3) is 22.5 Å². The van der Waals surface area contributed by atoms with E-state index in [9.17, 15) is 0 Å². The zero-order chi connectivity index (χ0) is 20.2. The highest BCUT2D eigenvalue weighted by Gasteiger charge is 2.13. The van der Waals surface area contributed by atoms with Crippen LogP contribution in [0.3, 0.4) is 0 Å². The number of nitrogens with one attached hydrogen (secondary N) is 1. The number of H-pyrrole nitrogens is 1. The van der Waals surface area contributed by atoms with E-state index in [4.69, 9.17) is 4.98 Å². The summed E-state index contributed by atoms with van der Waals surface area (Å²) in [5, 5.41) is 19.1. The van der Waals surface area contributed by atoms with Gasteiger partial charge in [-0.2, -0.15) is 10.3 Å². The van der Waals surface area contributed by atoms with Gasteiger partial charge in [0.05, 0.1) is 0 Å². The van der Waals surface area contributed by atoms with Crippen molar-refractivity contribution in [3.63, 3.8) is 0 Å². The van der Waals surface area contributed by atoms with E-state index in [-0.39, 0.29) is 0 Å². The first-order chi connectivity index (χ1) is 14.1. The monoisotopic (exact) mass is 387 g/mol. The molecule has 2 aromatic heterocycles. The van der Waals surface area contributed by atoms with Gasteiger partial charge in [-0.3, -0.25) is 0 Å². The lowest BCUT2D eigenvalue weighted by Crippen LogP contribution is -2.10. The Balaban J connectivity index is 1.60. The summed E-state index contributed by atoms with van der Waals surface area (Å²) in [5.41, 5.74) is 4.37. The molecule has 4 rings (SSSR count). The fourth-order valence-electron chi connectivity index (χ4n) is 3.39. The fourth-order valence-corrected chi connectivity index (χ4v) is 3.39. The van der Waals surface area contributed by atoms with E-state index in [1.54, 1.807) is 0 Å². The van der Waals surface area contributed by atoms with Gasteiger partial charge in [-0.05, 0) is 27.8 Å². The molecule has 0 aliphatic rings. The van der Waals surface area contributed by atoms with Crippen molar-refractivity contribution < 1.29 is 0 Å². The van der Waals surface area contributed by atoms with Gasteiger partial charge in [0.1, 0.15) is 5.82 Å². The Morgan fingerprint density at radius 3 is 2.41 bits per heavy atom. The summed E-state index contributed by atoms with van der Waals surface area (Å²) in [7, 11) is 0. The largest absolute Gasteiger partial charge is 0.249 e. The smallest absolute Gasteiger partial charge is 0.205 e. The molecule has 0 unspecified atom stereocenters. The highest BCUT2D eigenvalue weighted by molar-refractivity contribution is 5.80. The second kappa shape index (κ2) is 8.34. The Bertz CT molecular complexity index is 1060. The average molecular weight is 387 g/mol. The van der Waals surface area contributed by atoms with Crippen molar-refractivity contribution in [1.82, 2.24) is 35.4 Å². The molecular weight excluding hydrogens is 362 g/mol. The topological polar surface area (TPSA) is 85.2 Å². The molecule has 0 fully saturated rings. The number of benzene rings is 2. The van der Waals surface area contributed by atoms with Crippen molar-refractivity contribution in [3.05, 3.63) is 65.7 Å². The van der Waals surface area contributed by atoms with Crippen LogP contribution in [0.2, 0.25) is 0 Å². The fraction of sp³-hybridized carbons (Fsp3) is 0.318. The number of tetrazole rings is 1. The maximum absolute atomic E-state index is 4.73. The molecule has 2 aromatic carbocycles. The third-order valence-electron chi connectivity index (χ3n) is 4.79. The van der Waals surface area contributed by atoms with E-state index < -0.39 is 0 Å². The minimum atomic E-state index is 0.532. The second-order valence-corrected chi connectivity index (χ2v) is 7.53. The SMILES string of the molecule is CCc1nc(Cc2ccc(-c3ccccc3-c3nn[nH]n3)cc2)n(CC(C)C)n1. The van der Waals surface area contributed by atoms with Gasteiger partial charge in [0.15, 0.2) is 5.82 Å². The predicted molar refractivity (Wildman–Crippen MR) is 112 cm³/mol. The second-order valence-electron chi connectivity index (χ2n) is 7.53. The van der Waals surface area contributed by atoms with Crippen LogP contribution < -0.4 is 0 Å². The van der Waals surface area contributed by atoms with E-state index in [1.807, 2.05) is 18.2 Å². The van der Waals surface area contributed by atoms with Gasteiger partial charge in [-0.1, -0.05) is 69.3 Å². The molecule has 0 bridgehead atoms. The van der Waals surface area contributed by atoms with Crippen LogP contribution in [0.15, 0.2) is 48.5 Å². The average Bonchev–Trinajstić information content (AvgIpc) is 3.39. The molecule has 0 saturated carbocycles. The van der Waals surface area contributed by atoms with Gasteiger partial charge in [0, 0.05) is 24.9 Å². The number of aromatic amines is 1. The van der Waals surface area contributed by atoms with Gasteiger partial charge >= 0.3 is 0 Å². The molecule has 0 spiro atoms. The number of aryl methyl sites for hydroxylation is 1. The number of nitrogens with zero attached hydrogens (tertiary/aromatic N) is 6. The number of hydrogen-bond donors (Lipinski definition) is 1. The van der Waals surface area contributed by atoms with Crippen molar-refractivity contribution >= 4 is 0 Å². The van der Waals surface area contributed by atoms with E-state index in [1.165, 1.54) is 5.56 Å². The molecular formula is C22H25N7. The van der Waals surface area contributed by atoms with Crippen molar-refractivity contribution in [2.24, 2.45) is 5.92 Å². The zero-order valence-electron chi connectivity index (χ0n) is 17.0. The zero-order valence-corrected chi connectivity index (χ0v) is 17.0. The van der Waals surface area contributed by atoms with Gasteiger partial charge in [0.25, 0.3) is 0 Å². The number of hydrogen-bond acceptors (Lipinski definition) is 5. The molecule has 29 heavy (non-hydrogen) atoms. The highest BCUT2D eigenvalue weighted by atomic mass is 15.5. The molecule has 0 saturated heterocycles. The third-order valence-corrected chi connectivity index (χ3v) is 4.79. The molecule has 7 nitrogen and oxygen atoms in total. The van der Waals surface area contributed by atoms with Gasteiger partial charge in [-0.25, -0.2) is 9.67 Å². The Labute approximate surface area is 170 Å². The first kappa shape index (κ1) is 19.0. The summed E-state index contributed by atoms with van der Waals surface area (Å²) in [6.45, 7) is 7.38. The lowest BCUT2D eigenvalue weighted by molar-refractivity contribution is 0.467. The molecule has 0 amide bonds. The molecule has 7 heteroatoms. The van der Waals surface area contributed by atoms with Crippen LogP contribution in [0.1, 0.15) is 38.0 Å². The summed E-state index contributed by atoms with van der Waals surface area (Å²) < 4.78 is 2.06. The van der Waals surface area contributed by atoms with Gasteiger partial charge in [0.2, 0.25) is 5.82 Å². The molecule has 0 atom stereocenters. The lowest BCUT2D eigenvalue weighted by atomic mass is 9.98. The molecule has 2 heterocycles. The Kier molecular flexibility index (Phi) is 5.46. The van der Waals surface area contributed by atoms with Crippen molar-refractivity contribution in [2.45, 2.75) is 40.2 Å². The minimum Gasteiger partial charge on any atom is -0.249 e. The summed E-state index contributed by atoms with van der Waals surface area (Å²) in [5.74, 6) is 3.06. The predicted octanol–water partition coefficient (Wildman–Crippen LogP) is 3.93. The van der Waals surface area contributed by atoms with E-state index in [0.29, 0.717) is 11.7 Å². The van der Waals surface area contributed by atoms with Crippen LogP contribution >= 0.6 is 0 Å².